The molecule has 0 saturated carbocycles. The average molecular weight is 229 g/mol. The normalized spacial score (nSPS) is 12.2. The number of rotatable bonds is 3. The van der Waals surface area contributed by atoms with E-state index in [1.807, 2.05) is 39.1 Å². The minimum absolute atomic E-state index is 0.104. The number of anilines is 1. The maximum atomic E-state index is 4.33. The van der Waals surface area contributed by atoms with Crippen LogP contribution in [0.5, 0.6) is 0 Å². The molecule has 5 heteroatoms. The lowest BCUT2D eigenvalue weighted by atomic mass is 10.1. The third-order valence-electron chi connectivity index (χ3n) is 2.62. The van der Waals surface area contributed by atoms with Gasteiger partial charge in [-0.25, -0.2) is 4.98 Å². The molecule has 0 bridgehead atoms. The lowest BCUT2D eigenvalue weighted by Gasteiger charge is -2.13. The molecule has 0 fully saturated rings. The Hall–Kier alpha value is -2.04. The van der Waals surface area contributed by atoms with Gasteiger partial charge in [-0.1, -0.05) is 6.07 Å². The van der Waals surface area contributed by atoms with E-state index in [1.54, 1.807) is 6.20 Å². The SMILES string of the molecule is Cc1nnc(NC(C)c2cccnc2)nc1C. The molecule has 17 heavy (non-hydrogen) atoms. The maximum absolute atomic E-state index is 4.33. The van der Waals surface area contributed by atoms with Crippen molar-refractivity contribution in [3.8, 4) is 0 Å². The molecular weight excluding hydrogens is 214 g/mol. The summed E-state index contributed by atoms with van der Waals surface area (Å²) in [5.41, 5.74) is 2.83. The molecule has 1 N–H and O–H groups in total. The molecule has 0 spiro atoms. The summed E-state index contributed by atoms with van der Waals surface area (Å²) in [6, 6.07) is 4.03. The van der Waals surface area contributed by atoms with Crippen LogP contribution in [0.3, 0.4) is 0 Å². The van der Waals surface area contributed by atoms with Gasteiger partial charge >= 0.3 is 0 Å². The Kier molecular flexibility index (Phi) is 3.27. The quantitative estimate of drug-likeness (QED) is 0.872. The van der Waals surface area contributed by atoms with Crippen molar-refractivity contribution >= 4 is 5.95 Å². The van der Waals surface area contributed by atoms with Crippen molar-refractivity contribution in [1.29, 1.82) is 0 Å². The molecule has 0 amide bonds. The zero-order valence-corrected chi connectivity index (χ0v) is 10.2. The Morgan fingerprint density at radius 2 is 2.00 bits per heavy atom. The second-order valence-corrected chi connectivity index (χ2v) is 3.96. The Labute approximate surface area is 100 Å². The summed E-state index contributed by atoms with van der Waals surface area (Å²) in [4.78, 5) is 8.42. The fraction of sp³-hybridized carbons (Fsp3) is 0.333. The van der Waals surface area contributed by atoms with Crippen LogP contribution in [0.15, 0.2) is 24.5 Å². The third-order valence-corrected chi connectivity index (χ3v) is 2.62. The van der Waals surface area contributed by atoms with Gasteiger partial charge in [0.1, 0.15) is 0 Å². The summed E-state index contributed by atoms with van der Waals surface area (Å²) < 4.78 is 0. The average Bonchev–Trinajstić information content (AvgIpc) is 2.35. The highest BCUT2D eigenvalue weighted by Gasteiger charge is 2.08. The van der Waals surface area contributed by atoms with Crippen molar-refractivity contribution in [1.82, 2.24) is 20.2 Å². The van der Waals surface area contributed by atoms with Crippen LogP contribution in [0.2, 0.25) is 0 Å². The largest absolute Gasteiger partial charge is 0.346 e. The van der Waals surface area contributed by atoms with Gasteiger partial charge in [-0.2, -0.15) is 5.10 Å². The van der Waals surface area contributed by atoms with Gasteiger partial charge in [0.25, 0.3) is 0 Å². The van der Waals surface area contributed by atoms with Crippen molar-refractivity contribution < 1.29 is 0 Å². The number of nitrogens with one attached hydrogen (secondary N) is 1. The minimum Gasteiger partial charge on any atom is -0.346 e. The highest BCUT2D eigenvalue weighted by Crippen LogP contribution is 2.15. The van der Waals surface area contributed by atoms with Crippen LogP contribution in [0, 0.1) is 13.8 Å². The van der Waals surface area contributed by atoms with Crippen molar-refractivity contribution in [2.45, 2.75) is 26.8 Å². The molecule has 0 aliphatic rings. The Morgan fingerprint density at radius 3 is 2.65 bits per heavy atom. The van der Waals surface area contributed by atoms with Gasteiger partial charge in [0.2, 0.25) is 5.95 Å². The van der Waals surface area contributed by atoms with Crippen molar-refractivity contribution in [2.75, 3.05) is 5.32 Å². The van der Waals surface area contributed by atoms with Gasteiger partial charge in [-0.3, -0.25) is 4.98 Å². The molecule has 2 rings (SSSR count). The lowest BCUT2D eigenvalue weighted by molar-refractivity contribution is 0.817. The Bertz CT molecular complexity index is 498. The second-order valence-electron chi connectivity index (χ2n) is 3.96. The zero-order valence-electron chi connectivity index (χ0n) is 10.2. The first-order valence-electron chi connectivity index (χ1n) is 5.51. The molecule has 2 aromatic heterocycles. The van der Waals surface area contributed by atoms with Crippen LogP contribution in [-0.2, 0) is 0 Å². The van der Waals surface area contributed by atoms with E-state index < -0.39 is 0 Å². The number of aromatic nitrogens is 4. The fourth-order valence-electron chi connectivity index (χ4n) is 1.43. The monoisotopic (exact) mass is 229 g/mol. The van der Waals surface area contributed by atoms with Crippen LogP contribution >= 0.6 is 0 Å². The molecule has 1 atom stereocenters. The standard InChI is InChI=1S/C12H15N5/c1-8-9(2)16-17-12(14-8)15-10(3)11-5-4-6-13-7-11/h4-7,10H,1-3H3,(H,14,15,17). The van der Waals surface area contributed by atoms with Crippen LogP contribution in [-0.4, -0.2) is 20.2 Å². The molecule has 0 saturated heterocycles. The number of hydrogen-bond donors (Lipinski definition) is 1. The predicted octanol–water partition coefficient (Wildman–Crippen LogP) is 2.06. The summed E-state index contributed by atoms with van der Waals surface area (Å²) in [6.07, 6.45) is 3.58. The fourth-order valence-corrected chi connectivity index (χ4v) is 1.43. The molecule has 2 aromatic rings. The maximum Gasteiger partial charge on any atom is 0.243 e. The highest BCUT2D eigenvalue weighted by molar-refractivity contribution is 5.30. The van der Waals surface area contributed by atoms with Crippen molar-refractivity contribution in [3.63, 3.8) is 0 Å². The van der Waals surface area contributed by atoms with Crippen LogP contribution in [0.4, 0.5) is 5.95 Å². The first-order chi connectivity index (χ1) is 8.16. The van der Waals surface area contributed by atoms with E-state index in [9.17, 15) is 0 Å². The van der Waals surface area contributed by atoms with Crippen LogP contribution in [0.1, 0.15) is 29.9 Å². The highest BCUT2D eigenvalue weighted by atomic mass is 15.2. The topological polar surface area (TPSA) is 63.6 Å². The van der Waals surface area contributed by atoms with E-state index in [1.165, 1.54) is 0 Å². The molecule has 1 unspecified atom stereocenters. The summed E-state index contributed by atoms with van der Waals surface area (Å²) in [5, 5.41) is 11.2. The van der Waals surface area contributed by atoms with Gasteiger partial charge in [0.15, 0.2) is 0 Å². The van der Waals surface area contributed by atoms with Gasteiger partial charge in [-0.15, -0.1) is 5.10 Å². The predicted molar refractivity (Wildman–Crippen MR) is 65.6 cm³/mol. The van der Waals surface area contributed by atoms with E-state index in [-0.39, 0.29) is 6.04 Å². The number of aryl methyl sites for hydroxylation is 2. The zero-order chi connectivity index (χ0) is 12.3. The van der Waals surface area contributed by atoms with E-state index in [0.717, 1.165) is 17.0 Å². The molecule has 88 valence electrons. The van der Waals surface area contributed by atoms with E-state index in [4.69, 9.17) is 0 Å². The Morgan fingerprint density at radius 1 is 1.18 bits per heavy atom. The number of pyridine rings is 1. The summed E-state index contributed by atoms with van der Waals surface area (Å²) in [5.74, 6) is 0.546. The van der Waals surface area contributed by atoms with Crippen molar-refractivity contribution in [3.05, 3.63) is 41.5 Å². The van der Waals surface area contributed by atoms with Gasteiger partial charge in [-0.05, 0) is 32.4 Å². The first kappa shape index (κ1) is 11.4. The van der Waals surface area contributed by atoms with Gasteiger partial charge in [0.05, 0.1) is 17.4 Å². The summed E-state index contributed by atoms with van der Waals surface area (Å²) in [7, 11) is 0. The molecule has 0 aliphatic heterocycles. The molecular formula is C12H15N5. The molecule has 5 nitrogen and oxygen atoms in total. The van der Waals surface area contributed by atoms with Gasteiger partial charge < -0.3 is 5.32 Å². The van der Waals surface area contributed by atoms with Crippen LogP contribution < -0.4 is 5.32 Å². The smallest absolute Gasteiger partial charge is 0.243 e. The molecule has 2 heterocycles. The third kappa shape index (κ3) is 2.75. The summed E-state index contributed by atoms with van der Waals surface area (Å²) in [6.45, 7) is 5.85. The number of hydrogen-bond acceptors (Lipinski definition) is 5. The minimum atomic E-state index is 0.104. The van der Waals surface area contributed by atoms with Gasteiger partial charge in [0, 0.05) is 12.4 Å². The van der Waals surface area contributed by atoms with E-state index in [2.05, 4.69) is 25.5 Å². The van der Waals surface area contributed by atoms with E-state index >= 15 is 0 Å². The lowest BCUT2D eigenvalue weighted by Crippen LogP contribution is -2.11. The van der Waals surface area contributed by atoms with Crippen LogP contribution in [0.25, 0.3) is 0 Å². The summed E-state index contributed by atoms with van der Waals surface area (Å²) >= 11 is 0. The van der Waals surface area contributed by atoms with E-state index in [0.29, 0.717) is 5.95 Å². The molecule has 0 aromatic carbocycles. The second kappa shape index (κ2) is 4.86. The Balaban J connectivity index is 2.13. The number of nitrogens with zero attached hydrogens (tertiary/aromatic N) is 4. The molecule has 0 radical (unpaired) electrons. The molecule has 0 aliphatic carbocycles. The first-order valence-corrected chi connectivity index (χ1v) is 5.51. The van der Waals surface area contributed by atoms with Crippen molar-refractivity contribution in [2.24, 2.45) is 0 Å².